The van der Waals surface area contributed by atoms with Crippen LogP contribution in [0.15, 0.2) is 54.6 Å². The molecule has 4 nitrogen and oxygen atoms in total. The maximum atomic E-state index is 12.3. The molecule has 0 heterocycles. The van der Waals surface area contributed by atoms with Crippen molar-refractivity contribution < 1.29 is 4.79 Å². The SMILES string of the molecule is N#Cc1cccc(NC(=O)C(CN)c2ccccc2)c1. The second kappa shape index (κ2) is 6.50. The molecule has 0 saturated heterocycles. The highest BCUT2D eigenvalue weighted by Crippen LogP contribution is 2.18. The molecule has 2 rings (SSSR count). The van der Waals surface area contributed by atoms with Gasteiger partial charge in [0.05, 0.1) is 17.6 Å². The molecule has 4 heteroatoms. The van der Waals surface area contributed by atoms with Crippen molar-refractivity contribution in [1.82, 2.24) is 0 Å². The average molecular weight is 265 g/mol. The number of anilines is 1. The van der Waals surface area contributed by atoms with Crippen molar-refractivity contribution in [3.63, 3.8) is 0 Å². The lowest BCUT2D eigenvalue weighted by atomic mass is 9.98. The fraction of sp³-hybridized carbons (Fsp3) is 0.125. The van der Waals surface area contributed by atoms with Gasteiger partial charge >= 0.3 is 0 Å². The molecule has 0 aromatic heterocycles. The van der Waals surface area contributed by atoms with Crippen molar-refractivity contribution in [2.24, 2.45) is 5.73 Å². The van der Waals surface area contributed by atoms with Crippen LogP contribution < -0.4 is 11.1 Å². The topological polar surface area (TPSA) is 78.9 Å². The van der Waals surface area contributed by atoms with E-state index in [-0.39, 0.29) is 12.5 Å². The molecule has 0 saturated carbocycles. The first-order valence-corrected chi connectivity index (χ1v) is 6.30. The lowest BCUT2D eigenvalue weighted by Crippen LogP contribution is -2.27. The maximum Gasteiger partial charge on any atom is 0.233 e. The number of hydrogen-bond donors (Lipinski definition) is 2. The summed E-state index contributed by atoms with van der Waals surface area (Å²) >= 11 is 0. The van der Waals surface area contributed by atoms with Gasteiger partial charge in [-0.15, -0.1) is 0 Å². The van der Waals surface area contributed by atoms with E-state index in [1.807, 2.05) is 36.4 Å². The molecule has 100 valence electrons. The molecule has 0 aliphatic carbocycles. The van der Waals surface area contributed by atoms with Crippen molar-refractivity contribution in [2.75, 3.05) is 11.9 Å². The Balaban J connectivity index is 2.16. The zero-order valence-electron chi connectivity index (χ0n) is 10.9. The molecule has 0 bridgehead atoms. The first-order chi connectivity index (χ1) is 9.74. The summed E-state index contributed by atoms with van der Waals surface area (Å²) in [5, 5.41) is 11.6. The molecule has 2 aromatic carbocycles. The summed E-state index contributed by atoms with van der Waals surface area (Å²) in [4.78, 5) is 12.3. The number of carbonyl (C=O) groups excluding carboxylic acids is 1. The predicted molar refractivity (Wildman–Crippen MR) is 78.0 cm³/mol. The Kier molecular flexibility index (Phi) is 4.48. The van der Waals surface area contributed by atoms with Crippen LogP contribution in [0.2, 0.25) is 0 Å². The van der Waals surface area contributed by atoms with E-state index in [9.17, 15) is 4.79 Å². The van der Waals surface area contributed by atoms with Crippen molar-refractivity contribution in [2.45, 2.75) is 5.92 Å². The molecule has 0 radical (unpaired) electrons. The van der Waals surface area contributed by atoms with E-state index in [1.54, 1.807) is 24.3 Å². The normalized spacial score (nSPS) is 11.4. The lowest BCUT2D eigenvalue weighted by molar-refractivity contribution is -0.117. The largest absolute Gasteiger partial charge is 0.329 e. The molecule has 0 fully saturated rings. The fourth-order valence-corrected chi connectivity index (χ4v) is 1.98. The minimum Gasteiger partial charge on any atom is -0.329 e. The number of nitrogens with two attached hydrogens (primary N) is 1. The average Bonchev–Trinajstić information content (AvgIpc) is 2.49. The minimum absolute atomic E-state index is 0.172. The molecule has 20 heavy (non-hydrogen) atoms. The summed E-state index contributed by atoms with van der Waals surface area (Å²) in [6, 6.07) is 18.2. The second-order valence-electron chi connectivity index (χ2n) is 4.38. The van der Waals surface area contributed by atoms with Crippen LogP contribution in [0.25, 0.3) is 0 Å². The van der Waals surface area contributed by atoms with E-state index in [4.69, 9.17) is 11.0 Å². The van der Waals surface area contributed by atoms with Crippen LogP contribution >= 0.6 is 0 Å². The van der Waals surface area contributed by atoms with E-state index >= 15 is 0 Å². The molecular formula is C16H15N3O. The van der Waals surface area contributed by atoms with Gasteiger partial charge in [-0.25, -0.2) is 0 Å². The van der Waals surface area contributed by atoms with Gasteiger partial charge in [0.2, 0.25) is 5.91 Å². The van der Waals surface area contributed by atoms with E-state index in [2.05, 4.69) is 5.32 Å². The Hall–Kier alpha value is -2.64. The molecule has 0 aliphatic rings. The van der Waals surface area contributed by atoms with Crippen LogP contribution in [0.1, 0.15) is 17.0 Å². The molecule has 1 amide bonds. The van der Waals surface area contributed by atoms with Crippen LogP contribution in [0.4, 0.5) is 5.69 Å². The standard InChI is InChI=1S/C16H15N3O/c17-10-12-5-4-8-14(9-12)19-16(20)15(11-18)13-6-2-1-3-7-13/h1-9,15H,11,18H2,(H,19,20). The van der Waals surface area contributed by atoms with E-state index in [0.717, 1.165) is 5.56 Å². The van der Waals surface area contributed by atoms with E-state index < -0.39 is 5.92 Å². The van der Waals surface area contributed by atoms with Gasteiger partial charge in [0.25, 0.3) is 0 Å². The molecule has 2 aromatic rings. The fourth-order valence-electron chi connectivity index (χ4n) is 1.98. The zero-order chi connectivity index (χ0) is 14.4. The smallest absolute Gasteiger partial charge is 0.233 e. The minimum atomic E-state index is -0.401. The summed E-state index contributed by atoms with van der Waals surface area (Å²) in [5.74, 6) is -0.573. The monoisotopic (exact) mass is 265 g/mol. The Morgan fingerprint density at radius 1 is 1.20 bits per heavy atom. The van der Waals surface area contributed by atoms with Gasteiger partial charge in [-0.3, -0.25) is 4.79 Å². The molecule has 3 N–H and O–H groups in total. The Bertz CT molecular complexity index is 632. The number of carbonyl (C=O) groups is 1. The lowest BCUT2D eigenvalue weighted by Gasteiger charge is -2.15. The number of benzene rings is 2. The quantitative estimate of drug-likeness (QED) is 0.889. The summed E-state index contributed by atoms with van der Waals surface area (Å²) < 4.78 is 0. The highest BCUT2D eigenvalue weighted by atomic mass is 16.1. The van der Waals surface area contributed by atoms with Crippen molar-refractivity contribution in [3.05, 3.63) is 65.7 Å². The number of nitrogens with one attached hydrogen (secondary N) is 1. The van der Waals surface area contributed by atoms with Crippen molar-refractivity contribution >= 4 is 11.6 Å². The van der Waals surface area contributed by atoms with Crippen LogP contribution in [-0.2, 0) is 4.79 Å². The molecule has 0 aliphatic heterocycles. The third-order valence-electron chi connectivity index (χ3n) is 3.01. The Morgan fingerprint density at radius 2 is 1.95 bits per heavy atom. The first-order valence-electron chi connectivity index (χ1n) is 6.30. The number of amides is 1. The third kappa shape index (κ3) is 3.22. The van der Waals surface area contributed by atoms with Crippen LogP contribution in [0.5, 0.6) is 0 Å². The van der Waals surface area contributed by atoms with E-state index in [0.29, 0.717) is 11.3 Å². The van der Waals surface area contributed by atoms with Crippen molar-refractivity contribution in [3.8, 4) is 6.07 Å². The highest BCUT2D eigenvalue weighted by molar-refractivity contribution is 5.96. The van der Waals surface area contributed by atoms with Gasteiger partial charge in [-0.05, 0) is 23.8 Å². The highest BCUT2D eigenvalue weighted by Gasteiger charge is 2.18. The maximum absolute atomic E-state index is 12.3. The zero-order valence-corrected chi connectivity index (χ0v) is 10.9. The summed E-state index contributed by atoms with van der Waals surface area (Å²) in [6.07, 6.45) is 0. The van der Waals surface area contributed by atoms with Gasteiger partial charge in [0.1, 0.15) is 0 Å². The second-order valence-corrected chi connectivity index (χ2v) is 4.38. The molecule has 1 atom stereocenters. The number of hydrogen-bond acceptors (Lipinski definition) is 3. The number of nitrogens with zero attached hydrogens (tertiary/aromatic N) is 1. The van der Waals surface area contributed by atoms with Gasteiger partial charge in [0, 0.05) is 12.2 Å². The molecule has 0 spiro atoms. The predicted octanol–water partition coefficient (Wildman–Crippen LogP) is 2.24. The van der Waals surface area contributed by atoms with E-state index in [1.165, 1.54) is 0 Å². The summed E-state index contributed by atoms with van der Waals surface area (Å²) in [5.41, 5.74) is 7.69. The third-order valence-corrected chi connectivity index (χ3v) is 3.01. The summed E-state index contributed by atoms with van der Waals surface area (Å²) in [7, 11) is 0. The van der Waals surface area contributed by atoms with Crippen LogP contribution in [0.3, 0.4) is 0 Å². The van der Waals surface area contributed by atoms with Gasteiger partial charge in [-0.2, -0.15) is 5.26 Å². The Morgan fingerprint density at radius 3 is 2.60 bits per heavy atom. The van der Waals surface area contributed by atoms with Gasteiger partial charge in [-0.1, -0.05) is 36.4 Å². The summed E-state index contributed by atoms with van der Waals surface area (Å²) in [6.45, 7) is 0.230. The van der Waals surface area contributed by atoms with Crippen LogP contribution in [0, 0.1) is 11.3 Å². The Labute approximate surface area is 117 Å². The van der Waals surface area contributed by atoms with Gasteiger partial charge in [0.15, 0.2) is 0 Å². The molecular weight excluding hydrogens is 250 g/mol. The number of rotatable bonds is 4. The molecule has 1 unspecified atom stereocenters. The van der Waals surface area contributed by atoms with Gasteiger partial charge < -0.3 is 11.1 Å². The van der Waals surface area contributed by atoms with Crippen molar-refractivity contribution in [1.29, 1.82) is 5.26 Å². The number of nitriles is 1. The first kappa shape index (κ1) is 13.8. The van der Waals surface area contributed by atoms with Crippen LogP contribution in [-0.4, -0.2) is 12.5 Å².